The van der Waals surface area contributed by atoms with Gasteiger partial charge in [0.1, 0.15) is 11.5 Å². The fraction of sp³-hybridized carbons (Fsp3) is 0.350. The van der Waals surface area contributed by atoms with Gasteiger partial charge < -0.3 is 4.90 Å². The number of hydrogen-bond donors (Lipinski definition) is 0. The molecule has 30 heavy (non-hydrogen) atoms. The van der Waals surface area contributed by atoms with Gasteiger partial charge >= 0.3 is 0 Å². The van der Waals surface area contributed by atoms with Crippen LogP contribution in [0.1, 0.15) is 44.9 Å². The third-order valence-corrected chi connectivity index (χ3v) is 5.27. The number of aromatic nitrogens is 9. The van der Waals surface area contributed by atoms with Crippen molar-refractivity contribution < 1.29 is 0 Å². The fourth-order valence-electron chi connectivity index (χ4n) is 4.01. The summed E-state index contributed by atoms with van der Waals surface area (Å²) in [6, 6.07) is 2.08. The van der Waals surface area contributed by atoms with Gasteiger partial charge in [-0.2, -0.15) is 4.98 Å². The van der Waals surface area contributed by atoms with Crippen LogP contribution >= 0.6 is 0 Å². The van der Waals surface area contributed by atoms with Gasteiger partial charge in [-0.15, -0.1) is 10.2 Å². The molecule has 0 N–H and O–H groups in total. The minimum atomic E-state index is 0.0844. The van der Waals surface area contributed by atoms with Crippen molar-refractivity contribution in [1.29, 1.82) is 0 Å². The highest BCUT2D eigenvalue weighted by Gasteiger charge is 2.36. The number of aryl methyl sites for hydroxylation is 1. The Morgan fingerprint density at radius 1 is 1.03 bits per heavy atom. The van der Waals surface area contributed by atoms with Crippen molar-refractivity contribution in [2.24, 2.45) is 0 Å². The second-order valence-electron chi connectivity index (χ2n) is 7.44. The molecular formula is C20H22N10. The lowest BCUT2D eigenvalue weighted by Crippen LogP contribution is -2.40. The van der Waals surface area contributed by atoms with E-state index in [0.717, 1.165) is 29.6 Å². The van der Waals surface area contributed by atoms with Crippen LogP contribution in [0.3, 0.4) is 0 Å². The molecule has 1 atom stereocenters. The van der Waals surface area contributed by atoms with Crippen molar-refractivity contribution in [1.82, 2.24) is 44.3 Å². The van der Waals surface area contributed by atoms with Crippen LogP contribution in [0.25, 0.3) is 23.3 Å². The molecule has 0 fully saturated rings. The van der Waals surface area contributed by atoms with Gasteiger partial charge in [0.25, 0.3) is 0 Å². The SMILES string of the molecule is CCC1c2nnc(C)n2-c2cnc(-n3ccnc3-c3ncccn3)nc2N1C(C)C. The summed E-state index contributed by atoms with van der Waals surface area (Å²) in [5.74, 6) is 4.23. The smallest absolute Gasteiger partial charge is 0.237 e. The van der Waals surface area contributed by atoms with Gasteiger partial charge in [-0.1, -0.05) is 6.92 Å². The molecule has 0 aromatic carbocycles. The number of imidazole rings is 1. The molecule has 10 heteroatoms. The summed E-state index contributed by atoms with van der Waals surface area (Å²) in [5.41, 5.74) is 0.882. The van der Waals surface area contributed by atoms with Gasteiger partial charge in [-0.3, -0.25) is 9.13 Å². The average molecular weight is 402 g/mol. The molecule has 5 heterocycles. The third kappa shape index (κ3) is 2.67. The monoisotopic (exact) mass is 402 g/mol. The van der Waals surface area contributed by atoms with Crippen LogP contribution in [0.4, 0.5) is 5.82 Å². The van der Waals surface area contributed by atoms with Crippen molar-refractivity contribution in [2.75, 3.05) is 4.90 Å². The predicted octanol–water partition coefficient (Wildman–Crippen LogP) is 2.69. The van der Waals surface area contributed by atoms with E-state index in [2.05, 4.69) is 60.4 Å². The number of fused-ring (bicyclic) bond motifs is 3. The zero-order chi connectivity index (χ0) is 20.8. The lowest BCUT2D eigenvalue weighted by atomic mass is 10.1. The van der Waals surface area contributed by atoms with Gasteiger partial charge in [0, 0.05) is 30.8 Å². The molecule has 0 radical (unpaired) electrons. The van der Waals surface area contributed by atoms with E-state index in [0.29, 0.717) is 17.6 Å². The Morgan fingerprint density at radius 3 is 2.57 bits per heavy atom. The second-order valence-corrected chi connectivity index (χ2v) is 7.44. The molecule has 0 saturated carbocycles. The Bertz CT molecular complexity index is 1190. The first-order valence-corrected chi connectivity index (χ1v) is 9.99. The zero-order valence-corrected chi connectivity index (χ0v) is 17.3. The van der Waals surface area contributed by atoms with E-state index in [1.807, 2.05) is 23.9 Å². The molecule has 1 aliphatic rings. The molecule has 1 aliphatic heterocycles. The van der Waals surface area contributed by atoms with Gasteiger partial charge in [0.15, 0.2) is 23.3 Å². The summed E-state index contributed by atoms with van der Waals surface area (Å²) in [6.07, 6.45) is 9.63. The first kappa shape index (κ1) is 18.3. The number of hydrogen-bond acceptors (Lipinski definition) is 8. The quantitative estimate of drug-likeness (QED) is 0.513. The highest BCUT2D eigenvalue weighted by molar-refractivity contribution is 5.63. The van der Waals surface area contributed by atoms with Crippen molar-refractivity contribution in [3.63, 3.8) is 0 Å². The molecule has 0 spiro atoms. The zero-order valence-electron chi connectivity index (χ0n) is 17.3. The third-order valence-electron chi connectivity index (χ3n) is 5.27. The summed E-state index contributed by atoms with van der Waals surface area (Å²) in [4.78, 5) is 25.0. The van der Waals surface area contributed by atoms with Crippen LogP contribution in [0, 0.1) is 6.92 Å². The van der Waals surface area contributed by atoms with Crippen molar-refractivity contribution in [3.05, 3.63) is 48.7 Å². The lowest BCUT2D eigenvalue weighted by molar-refractivity contribution is 0.496. The summed E-state index contributed by atoms with van der Waals surface area (Å²) in [5, 5.41) is 8.76. The Hall–Kier alpha value is -3.69. The highest BCUT2D eigenvalue weighted by atomic mass is 15.4. The second kappa shape index (κ2) is 6.97. The van der Waals surface area contributed by atoms with E-state index in [1.54, 1.807) is 24.7 Å². The Morgan fingerprint density at radius 2 is 1.83 bits per heavy atom. The number of rotatable bonds is 4. The maximum atomic E-state index is 4.97. The van der Waals surface area contributed by atoms with Crippen LogP contribution in [0.15, 0.2) is 37.1 Å². The van der Waals surface area contributed by atoms with Gasteiger partial charge in [0.05, 0.1) is 12.2 Å². The minimum absolute atomic E-state index is 0.0844. The summed E-state index contributed by atoms with van der Waals surface area (Å²) in [7, 11) is 0. The Kier molecular flexibility index (Phi) is 4.27. The van der Waals surface area contributed by atoms with Crippen molar-refractivity contribution in [3.8, 4) is 23.3 Å². The van der Waals surface area contributed by atoms with E-state index < -0.39 is 0 Å². The molecule has 4 aromatic rings. The van der Waals surface area contributed by atoms with Crippen LogP contribution in [0.5, 0.6) is 0 Å². The molecule has 0 bridgehead atoms. The number of anilines is 1. The molecular weight excluding hydrogens is 380 g/mol. The standard InChI is InChI=1S/C20H22N10/c1-5-14-18-27-26-13(4)30(18)15-11-24-20(25-17(15)29(14)12(2)3)28-10-9-23-19(28)16-21-7-6-8-22-16/h6-12,14H,5H2,1-4H3. The highest BCUT2D eigenvalue weighted by Crippen LogP contribution is 2.40. The maximum absolute atomic E-state index is 4.97. The van der Waals surface area contributed by atoms with Crippen molar-refractivity contribution in [2.45, 2.75) is 46.2 Å². The molecule has 1 unspecified atom stereocenters. The van der Waals surface area contributed by atoms with Crippen LogP contribution in [-0.4, -0.2) is 50.3 Å². The Labute approximate surface area is 173 Å². The van der Waals surface area contributed by atoms with E-state index in [1.165, 1.54) is 0 Å². The van der Waals surface area contributed by atoms with Crippen molar-refractivity contribution >= 4 is 5.82 Å². The molecule has 0 aliphatic carbocycles. The minimum Gasteiger partial charge on any atom is -0.342 e. The maximum Gasteiger partial charge on any atom is 0.237 e. The van der Waals surface area contributed by atoms with E-state index in [-0.39, 0.29) is 12.1 Å². The first-order valence-electron chi connectivity index (χ1n) is 9.99. The molecule has 10 nitrogen and oxygen atoms in total. The van der Waals surface area contributed by atoms with E-state index >= 15 is 0 Å². The topological polar surface area (TPSA) is 103 Å². The molecule has 0 amide bonds. The van der Waals surface area contributed by atoms with Gasteiger partial charge in [0.2, 0.25) is 5.95 Å². The normalized spacial score (nSPS) is 15.4. The predicted molar refractivity (Wildman–Crippen MR) is 110 cm³/mol. The Balaban J connectivity index is 1.70. The van der Waals surface area contributed by atoms with Gasteiger partial charge in [-0.05, 0) is 33.3 Å². The summed E-state index contributed by atoms with van der Waals surface area (Å²) in [6.45, 7) is 8.43. The summed E-state index contributed by atoms with van der Waals surface area (Å²) >= 11 is 0. The van der Waals surface area contributed by atoms with E-state index in [9.17, 15) is 0 Å². The van der Waals surface area contributed by atoms with Crippen LogP contribution < -0.4 is 4.90 Å². The largest absolute Gasteiger partial charge is 0.342 e. The lowest BCUT2D eigenvalue weighted by Gasteiger charge is -2.39. The van der Waals surface area contributed by atoms with E-state index in [4.69, 9.17) is 4.98 Å². The van der Waals surface area contributed by atoms with Crippen LogP contribution in [-0.2, 0) is 0 Å². The summed E-state index contributed by atoms with van der Waals surface area (Å²) < 4.78 is 3.87. The number of nitrogens with zero attached hydrogens (tertiary/aromatic N) is 10. The van der Waals surface area contributed by atoms with Gasteiger partial charge in [-0.25, -0.2) is 19.9 Å². The van der Waals surface area contributed by atoms with Crippen LogP contribution in [0.2, 0.25) is 0 Å². The average Bonchev–Trinajstić information content (AvgIpc) is 3.40. The molecule has 5 rings (SSSR count). The first-order chi connectivity index (χ1) is 14.6. The molecule has 4 aromatic heterocycles. The molecule has 0 saturated heterocycles. The fourth-order valence-corrected chi connectivity index (χ4v) is 4.01. The molecule has 152 valence electrons.